The van der Waals surface area contributed by atoms with Gasteiger partial charge in [-0.15, -0.1) is 0 Å². The van der Waals surface area contributed by atoms with Crippen molar-refractivity contribution in [2.75, 3.05) is 32.4 Å². The molecule has 1 aromatic heterocycles. The number of thioether (sulfide) groups is 1. The largest absolute Gasteiger partial charge is 0.311 e. The van der Waals surface area contributed by atoms with Crippen molar-refractivity contribution in [1.29, 1.82) is 0 Å². The standard InChI is InChI=1S/C16H26FN3S/c1-4-14-11-20(7-8-21-14)10-12(2)16(18-3)15-6-5-13(17)9-19-15/h5-6,9,12,14,16,18H,4,7-8,10-11H2,1-3H3. The number of hydrogen-bond donors (Lipinski definition) is 1. The Hall–Kier alpha value is -0.650. The zero-order chi connectivity index (χ0) is 15.2. The van der Waals surface area contributed by atoms with Crippen LogP contribution in [0.2, 0.25) is 0 Å². The van der Waals surface area contributed by atoms with Gasteiger partial charge >= 0.3 is 0 Å². The van der Waals surface area contributed by atoms with Gasteiger partial charge in [0.1, 0.15) is 5.82 Å². The van der Waals surface area contributed by atoms with Crippen LogP contribution in [0, 0.1) is 11.7 Å². The molecule has 2 heterocycles. The first-order valence-electron chi connectivity index (χ1n) is 7.76. The first-order chi connectivity index (χ1) is 10.1. The molecule has 21 heavy (non-hydrogen) atoms. The van der Waals surface area contributed by atoms with E-state index >= 15 is 0 Å². The highest BCUT2D eigenvalue weighted by Crippen LogP contribution is 2.25. The predicted octanol–water partition coefficient (Wildman–Crippen LogP) is 2.94. The second kappa shape index (κ2) is 8.11. The Morgan fingerprint density at radius 1 is 1.52 bits per heavy atom. The summed E-state index contributed by atoms with van der Waals surface area (Å²) in [4.78, 5) is 6.79. The zero-order valence-corrected chi connectivity index (χ0v) is 14.0. The van der Waals surface area contributed by atoms with Crippen LogP contribution < -0.4 is 5.32 Å². The summed E-state index contributed by atoms with van der Waals surface area (Å²) < 4.78 is 13.0. The molecule has 1 aromatic rings. The number of pyridine rings is 1. The molecule has 0 radical (unpaired) electrons. The van der Waals surface area contributed by atoms with Crippen LogP contribution in [0.1, 0.15) is 32.0 Å². The predicted molar refractivity (Wildman–Crippen MR) is 88.1 cm³/mol. The Balaban J connectivity index is 1.96. The summed E-state index contributed by atoms with van der Waals surface area (Å²) in [7, 11) is 1.95. The van der Waals surface area contributed by atoms with Gasteiger partial charge in [0.2, 0.25) is 0 Å². The zero-order valence-electron chi connectivity index (χ0n) is 13.2. The van der Waals surface area contributed by atoms with Gasteiger partial charge < -0.3 is 10.2 Å². The summed E-state index contributed by atoms with van der Waals surface area (Å²) in [6.07, 6.45) is 2.54. The van der Waals surface area contributed by atoms with Crippen LogP contribution in [0.15, 0.2) is 18.3 Å². The Kier molecular flexibility index (Phi) is 6.45. The van der Waals surface area contributed by atoms with E-state index in [2.05, 4.69) is 40.8 Å². The summed E-state index contributed by atoms with van der Waals surface area (Å²) in [5.41, 5.74) is 0.921. The van der Waals surface area contributed by atoms with Crippen molar-refractivity contribution in [3.05, 3.63) is 29.8 Å². The fraction of sp³-hybridized carbons (Fsp3) is 0.688. The average molecular weight is 311 g/mol. The van der Waals surface area contributed by atoms with Crippen LogP contribution in [0.5, 0.6) is 0 Å². The topological polar surface area (TPSA) is 28.2 Å². The molecule has 3 atom stereocenters. The number of halogens is 1. The number of hydrogen-bond acceptors (Lipinski definition) is 4. The Labute approximate surface area is 131 Å². The second-order valence-corrected chi connectivity index (χ2v) is 7.21. The molecular weight excluding hydrogens is 285 g/mol. The van der Waals surface area contributed by atoms with Gasteiger partial charge in [-0.05, 0) is 31.5 Å². The smallest absolute Gasteiger partial charge is 0.141 e. The van der Waals surface area contributed by atoms with E-state index in [1.165, 1.54) is 37.5 Å². The molecule has 5 heteroatoms. The van der Waals surface area contributed by atoms with E-state index in [-0.39, 0.29) is 11.9 Å². The maximum Gasteiger partial charge on any atom is 0.141 e. The fourth-order valence-corrected chi connectivity index (χ4v) is 4.25. The molecule has 2 rings (SSSR count). The van der Waals surface area contributed by atoms with E-state index in [9.17, 15) is 4.39 Å². The minimum Gasteiger partial charge on any atom is -0.311 e. The van der Waals surface area contributed by atoms with Gasteiger partial charge in [-0.3, -0.25) is 4.98 Å². The first-order valence-corrected chi connectivity index (χ1v) is 8.81. The number of nitrogens with zero attached hydrogens (tertiary/aromatic N) is 2. The van der Waals surface area contributed by atoms with E-state index in [0.29, 0.717) is 5.92 Å². The molecule has 0 bridgehead atoms. The summed E-state index contributed by atoms with van der Waals surface area (Å²) in [6.45, 7) is 7.91. The maximum absolute atomic E-state index is 13.0. The summed E-state index contributed by atoms with van der Waals surface area (Å²) in [6, 6.07) is 3.44. The van der Waals surface area contributed by atoms with Crippen LogP contribution in [0.4, 0.5) is 4.39 Å². The van der Waals surface area contributed by atoms with Gasteiger partial charge in [-0.25, -0.2) is 4.39 Å². The van der Waals surface area contributed by atoms with Crippen molar-refractivity contribution in [3.63, 3.8) is 0 Å². The molecule has 0 aliphatic carbocycles. The summed E-state index contributed by atoms with van der Waals surface area (Å²) >= 11 is 2.09. The van der Waals surface area contributed by atoms with Crippen LogP contribution in [0.25, 0.3) is 0 Å². The van der Waals surface area contributed by atoms with Crippen LogP contribution in [-0.4, -0.2) is 47.6 Å². The van der Waals surface area contributed by atoms with Crippen molar-refractivity contribution in [3.8, 4) is 0 Å². The van der Waals surface area contributed by atoms with Crippen LogP contribution in [0.3, 0.4) is 0 Å². The molecule has 1 fully saturated rings. The third-order valence-corrected chi connectivity index (χ3v) is 5.55. The summed E-state index contributed by atoms with van der Waals surface area (Å²) in [5, 5.41) is 4.10. The minimum atomic E-state index is -0.278. The van der Waals surface area contributed by atoms with Gasteiger partial charge in [0.05, 0.1) is 17.9 Å². The Bertz CT molecular complexity index is 426. The van der Waals surface area contributed by atoms with Gasteiger partial charge in [-0.1, -0.05) is 13.8 Å². The normalized spacial score (nSPS) is 23.0. The van der Waals surface area contributed by atoms with E-state index in [4.69, 9.17) is 0 Å². The third kappa shape index (κ3) is 4.66. The van der Waals surface area contributed by atoms with Crippen molar-refractivity contribution in [2.24, 2.45) is 5.92 Å². The molecule has 1 aliphatic heterocycles. The molecule has 0 saturated carbocycles. The van der Waals surface area contributed by atoms with Gasteiger partial charge in [0.25, 0.3) is 0 Å². The molecule has 118 valence electrons. The first kappa shape index (κ1) is 16.7. The van der Waals surface area contributed by atoms with Gasteiger partial charge in [0.15, 0.2) is 0 Å². The lowest BCUT2D eigenvalue weighted by atomic mass is 9.97. The third-order valence-electron chi connectivity index (χ3n) is 4.17. The van der Waals surface area contributed by atoms with Crippen molar-refractivity contribution in [2.45, 2.75) is 31.6 Å². The van der Waals surface area contributed by atoms with Gasteiger partial charge in [0, 0.05) is 30.6 Å². The van der Waals surface area contributed by atoms with Crippen LogP contribution >= 0.6 is 11.8 Å². The number of aromatic nitrogens is 1. The lowest BCUT2D eigenvalue weighted by Crippen LogP contribution is -2.42. The molecule has 1 saturated heterocycles. The Morgan fingerprint density at radius 3 is 2.95 bits per heavy atom. The van der Waals surface area contributed by atoms with Crippen molar-refractivity contribution >= 4 is 11.8 Å². The van der Waals surface area contributed by atoms with E-state index < -0.39 is 0 Å². The SMILES string of the molecule is CCC1CN(CC(C)C(NC)c2ccc(F)cn2)CCS1. The lowest BCUT2D eigenvalue weighted by Gasteiger charge is -2.35. The molecule has 0 aromatic carbocycles. The fourth-order valence-electron chi connectivity index (χ4n) is 3.00. The quantitative estimate of drug-likeness (QED) is 0.874. The second-order valence-electron chi connectivity index (χ2n) is 5.81. The highest BCUT2D eigenvalue weighted by atomic mass is 32.2. The van der Waals surface area contributed by atoms with Crippen molar-refractivity contribution < 1.29 is 4.39 Å². The van der Waals surface area contributed by atoms with Gasteiger partial charge in [-0.2, -0.15) is 11.8 Å². The minimum absolute atomic E-state index is 0.167. The molecule has 0 spiro atoms. The maximum atomic E-state index is 13.0. The molecule has 3 nitrogen and oxygen atoms in total. The number of rotatable bonds is 6. The average Bonchev–Trinajstić information content (AvgIpc) is 2.50. The molecule has 3 unspecified atom stereocenters. The Morgan fingerprint density at radius 2 is 2.33 bits per heavy atom. The lowest BCUT2D eigenvalue weighted by molar-refractivity contribution is 0.217. The van der Waals surface area contributed by atoms with E-state index in [1.54, 1.807) is 6.07 Å². The van der Waals surface area contributed by atoms with E-state index in [0.717, 1.165) is 17.5 Å². The highest BCUT2D eigenvalue weighted by molar-refractivity contribution is 8.00. The monoisotopic (exact) mass is 311 g/mol. The van der Waals surface area contributed by atoms with Crippen molar-refractivity contribution in [1.82, 2.24) is 15.2 Å². The van der Waals surface area contributed by atoms with Crippen LogP contribution in [-0.2, 0) is 0 Å². The molecule has 0 amide bonds. The highest BCUT2D eigenvalue weighted by Gasteiger charge is 2.25. The van der Waals surface area contributed by atoms with E-state index in [1.807, 2.05) is 7.05 Å². The molecular formula is C16H26FN3S. The molecule has 1 N–H and O–H groups in total. The number of nitrogens with one attached hydrogen (secondary N) is 1. The summed E-state index contributed by atoms with van der Waals surface area (Å²) in [5.74, 6) is 1.39. The molecule has 1 aliphatic rings.